The number of allylic oxidation sites excluding steroid dienone is 1. The molecule has 2 aromatic carbocycles. The molecule has 3 nitrogen and oxygen atoms in total. The first-order chi connectivity index (χ1) is 8.68. The van der Waals surface area contributed by atoms with Crippen molar-refractivity contribution in [3.8, 4) is 11.5 Å². The monoisotopic (exact) mass is 276 g/mol. The van der Waals surface area contributed by atoms with E-state index in [4.69, 9.17) is 0 Å². The third kappa shape index (κ3) is 3.60. The molecule has 0 heterocycles. The van der Waals surface area contributed by atoms with Gasteiger partial charge >= 0.3 is 0 Å². The molecule has 0 radical (unpaired) electrons. The van der Waals surface area contributed by atoms with Crippen LogP contribution in [0.5, 0.6) is 11.5 Å². The fraction of sp³-hybridized carbons (Fsp3) is 0. The fourth-order valence-electron chi connectivity index (χ4n) is 1.55. The molecule has 0 amide bonds. The second-order valence-corrected chi connectivity index (χ2v) is 3.78. The Morgan fingerprint density at radius 1 is 0.947 bits per heavy atom. The SMILES string of the molecule is Cl.O=C(C=Cc1cccc(O)c1O)c1ccccc1. The number of ketones is 1. The van der Waals surface area contributed by atoms with Gasteiger partial charge in [-0.3, -0.25) is 4.79 Å². The van der Waals surface area contributed by atoms with Crippen molar-refractivity contribution in [2.45, 2.75) is 0 Å². The van der Waals surface area contributed by atoms with E-state index in [-0.39, 0.29) is 29.7 Å². The molecule has 0 unspecified atom stereocenters. The van der Waals surface area contributed by atoms with Crippen LogP contribution in [0.25, 0.3) is 6.08 Å². The molecule has 2 rings (SSSR count). The van der Waals surface area contributed by atoms with E-state index in [1.165, 1.54) is 18.2 Å². The van der Waals surface area contributed by atoms with Crippen molar-refractivity contribution in [1.82, 2.24) is 0 Å². The lowest BCUT2D eigenvalue weighted by Gasteiger charge is -2.00. The summed E-state index contributed by atoms with van der Waals surface area (Å²) in [6.07, 6.45) is 2.84. The molecule has 2 aromatic rings. The molecule has 0 atom stereocenters. The highest BCUT2D eigenvalue weighted by molar-refractivity contribution is 6.06. The molecule has 0 aliphatic rings. The fourth-order valence-corrected chi connectivity index (χ4v) is 1.55. The van der Waals surface area contributed by atoms with Crippen molar-refractivity contribution < 1.29 is 15.0 Å². The first kappa shape index (κ1) is 14.8. The Hall–Kier alpha value is -2.26. The van der Waals surface area contributed by atoms with Gasteiger partial charge in [0.1, 0.15) is 0 Å². The minimum atomic E-state index is -0.227. The van der Waals surface area contributed by atoms with E-state index in [2.05, 4.69) is 0 Å². The summed E-state index contributed by atoms with van der Waals surface area (Å²) in [5.74, 6) is -0.586. The van der Waals surface area contributed by atoms with Gasteiger partial charge in [-0.25, -0.2) is 0 Å². The average molecular weight is 277 g/mol. The summed E-state index contributed by atoms with van der Waals surface area (Å²) in [5.41, 5.74) is 0.979. The summed E-state index contributed by atoms with van der Waals surface area (Å²) in [7, 11) is 0. The van der Waals surface area contributed by atoms with Crippen molar-refractivity contribution >= 4 is 24.3 Å². The molecule has 0 saturated heterocycles. The van der Waals surface area contributed by atoms with Crippen LogP contribution in [0.2, 0.25) is 0 Å². The third-order valence-corrected chi connectivity index (χ3v) is 2.52. The summed E-state index contributed by atoms with van der Waals surface area (Å²) < 4.78 is 0. The summed E-state index contributed by atoms with van der Waals surface area (Å²) in [6.45, 7) is 0. The van der Waals surface area contributed by atoms with Crippen LogP contribution < -0.4 is 0 Å². The zero-order valence-electron chi connectivity index (χ0n) is 9.98. The number of phenolic OH excluding ortho intramolecular Hbond substituents is 2. The normalized spacial score (nSPS) is 10.1. The molecule has 19 heavy (non-hydrogen) atoms. The molecular weight excluding hydrogens is 264 g/mol. The minimum Gasteiger partial charge on any atom is -0.504 e. The van der Waals surface area contributed by atoms with Gasteiger partial charge in [-0.1, -0.05) is 42.5 Å². The standard InChI is InChI=1S/C15H12O3.ClH/c16-13(11-5-2-1-3-6-11)10-9-12-7-4-8-14(17)15(12)18;/h1-10,17-18H;1H. The quantitative estimate of drug-likeness (QED) is 0.513. The number of carbonyl (C=O) groups is 1. The summed E-state index contributed by atoms with van der Waals surface area (Å²) >= 11 is 0. The molecule has 0 spiro atoms. The van der Waals surface area contributed by atoms with Crippen LogP contribution in [0.3, 0.4) is 0 Å². The number of halogens is 1. The van der Waals surface area contributed by atoms with E-state index in [1.54, 1.807) is 36.4 Å². The summed E-state index contributed by atoms with van der Waals surface area (Å²) in [5, 5.41) is 18.9. The molecule has 0 saturated carbocycles. The molecule has 4 heteroatoms. The van der Waals surface area contributed by atoms with E-state index < -0.39 is 0 Å². The maximum absolute atomic E-state index is 11.8. The minimum absolute atomic E-state index is 0. The zero-order chi connectivity index (χ0) is 13.0. The van der Waals surface area contributed by atoms with E-state index in [9.17, 15) is 15.0 Å². The van der Waals surface area contributed by atoms with Crippen molar-refractivity contribution in [2.24, 2.45) is 0 Å². The number of aromatic hydroxyl groups is 2. The van der Waals surface area contributed by atoms with Crippen LogP contribution in [0.1, 0.15) is 15.9 Å². The lowest BCUT2D eigenvalue weighted by Crippen LogP contribution is -1.92. The highest BCUT2D eigenvalue weighted by Gasteiger charge is 2.04. The van der Waals surface area contributed by atoms with E-state index in [0.29, 0.717) is 11.1 Å². The second kappa shape index (κ2) is 6.61. The van der Waals surface area contributed by atoms with Crippen LogP contribution in [0.4, 0.5) is 0 Å². The number of hydrogen-bond acceptors (Lipinski definition) is 3. The highest BCUT2D eigenvalue weighted by Crippen LogP contribution is 2.29. The summed E-state index contributed by atoms with van der Waals surface area (Å²) in [4.78, 5) is 11.8. The average Bonchev–Trinajstić information content (AvgIpc) is 2.41. The van der Waals surface area contributed by atoms with Gasteiger partial charge in [0.15, 0.2) is 17.3 Å². The number of para-hydroxylation sites is 1. The number of phenols is 2. The maximum Gasteiger partial charge on any atom is 0.185 e. The molecule has 0 aromatic heterocycles. The van der Waals surface area contributed by atoms with Crippen LogP contribution in [-0.4, -0.2) is 16.0 Å². The second-order valence-electron chi connectivity index (χ2n) is 3.78. The first-order valence-electron chi connectivity index (χ1n) is 5.47. The topological polar surface area (TPSA) is 57.5 Å². The third-order valence-electron chi connectivity index (χ3n) is 2.52. The largest absolute Gasteiger partial charge is 0.504 e. The van der Waals surface area contributed by atoms with Crippen molar-refractivity contribution in [1.29, 1.82) is 0 Å². The number of rotatable bonds is 3. The van der Waals surface area contributed by atoms with Gasteiger partial charge in [0, 0.05) is 11.1 Å². The predicted molar refractivity (Wildman–Crippen MR) is 76.8 cm³/mol. The smallest absolute Gasteiger partial charge is 0.185 e. The van der Waals surface area contributed by atoms with Crippen LogP contribution in [0.15, 0.2) is 54.6 Å². The van der Waals surface area contributed by atoms with Crippen molar-refractivity contribution in [3.05, 3.63) is 65.7 Å². The lowest BCUT2D eigenvalue weighted by atomic mass is 10.1. The Morgan fingerprint density at radius 2 is 1.63 bits per heavy atom. The number of benzene rings is 2. The van der Waals surface area contributed by atoms with Gasteiger partial charge < -0.3 is 10.2 Å². The molecule has 0 aliphatic carbocycles. The van der Waals surface area contributed by atoms with Gasteiger partial charge in [-0.05, 0) is 18.2 Å². The van der Waals surface area contributed by atoms with Gasteiger partial charge in [0.05, 0.1) is 0 Å². The van der Waals surface area contributed by atoms with Gasteiger partial charge in [-0.2, -0.15) is 0 Å². The van der Waals surface area contributed by atoms with Crippen molar-refractivity contribution in [2.75, 3.05) is 0 Å². The number of hydrogen-bond donors (Lipinski definition) is 2. The van der Waals surface area contributed by atoms with Crippen LogP contribution in [-0.2, 0) is 0 Å². The van der Waals surface area contributed by atoms with Crippen molar-refractivity contribution in [3.63, 3.8) is 0 Å². The molecule has 0 aliphatic heterocycles. The Morgan fingerprint density at radius 3 is 2.32 bits per heavy atom. The van der Waals surface area contributed by atoms with Gasteiger partial charge in [0.2, 0.25) is 0 Å². The molecule has 0 fully saturated rings. The van der Waals surface area contributed by atoms with Crippen LogP contribution >= 0.6 is 12.4 Å². The Bertz CT molecular complexity index is 592. The van der Waals surface area contributed by atoms with E-state index >= 15 is 0 Å². The van der Waals surface area contributed by atoms with Gasteiger partial charge in [-0.15, -0.1) is 12.4 Å². The molecule has 2 N–H and O–H groups in total. The maximum atomic E-state index is 11.8. The van der Waals surface area contributed by atoms with Crippen LogP contribution in [0, 0.1) is 0 Å². The molecule has 0 bridgehead atoms. The van der Waals surface area contributed by atoms with E-state index in [0.717, 1.165) is 0 Å². The van der Waals surface area contributed by atoms with E-state index in [1.807, 2.05) is 6.07 Å². The Labute approximate surface area is 117 Å². The zero-order valence-corrected chi connectivity index (χ0v) is 10.8. The predicted octanol–water partition coefficient (Wildman–Crippen LogP) is 3.42. The molecule has 98 valence electrons. The summed E-state index contributed by atoms with van der Waals surface area (Å²) in [6, 6.07) is 13.4. The molecular formula is C15H13ClO3. The Kier molecular flexibility index (Phi) is 5.15. The number of carbonyl (C=O) groups excluding carboxylic acids is 1. The van der Waals surface area contributed by atoms with Gasteiger partial charge in [0.25, 0.3) is 0 Å². The Balaban J connectivity index is 0.00000180. The lowest BCUT2D eigenvalue weighted by molar-refractivity contribution is 0.104. The first-order valence-corrected chi connectivity index (χ1v) is 5.47. The highest BCUT2D eigenvalue weighted by atomic mass is 35.5.